The van der Waals surface area contributed by atoms with Crippen LogP contribution in [0.2, 0.25) is 0 Å². The molecule has 8 nitrogen and oxygen atoms in total. The lowest BCUT2D eigenvalue weighted by molar-refractivity contribution is -0.135. The van der Waals surface area contributed by atoms with Crippen LogP contribution in [0.15, 0.2) is 23.0 Å². The molecule has 206 valence electrons. The van der Waals surface area contributed by atoms with Gasteiger partial charge in [0.1, 0.15) is 11.9 Å². The highest BCUT2D eigenvalue weighted by molar-refractivity contribution is 6.00. The van der Waals surface area contributed by atoms with Crippen LogP contribution in [0.25, 0.3) is 10.9 Å². The maximum absolute atomic E-state index is 14.0. The summed E-state index contributed by atoms with van der Waals surface area (Å²) in [4.78, 5) is 48.3. The molecule has 0 spiro atoms. The number of hydrogen-bond donors (Lipinski definition) is 1. The second-order valence-corrected chi connectivity index (χ2v) is 13.8. The molecular formula is C31H39N5O3. The molecule has 4 heterocycles. The van der Waals surface area contributed by atoms with E-state index in [4.69, 9.17) is 4.98 Å². The van der Waals surface area contributed by atoms with E-state index in [0.29, 0.717) is 40.6 Å². The van der Waals surface area contributed by atoms with Crippen molar-refractivity contribution < 1.29 is 9.59 Å². The Bertz CT molecular complexity index is 1400. The number of aryl methyl sites for hydroxylation is 1. The molecule has 39 heavy (non-hydrogen) atoms. The number of anilines is 1. The normalized spacial score (nSPS) is 37.3. The van der Waals surface area contributed by atoms with Crippen molar-refractivity contribution in [1.82, 2.24) is 19.8 Å². The topological polar surface area (TPSA) is 87.5 Å². The summed E-state index contributed by atoms with van der Waals surface area (Å²) in [5, 5.41) is 3.00. The average molecular weight is 530 g/mol. The third kappa shape index (κ3) is 3.80. The lowest BCUT2D eigenvalue weighted by atomic mass is 9.49. The second kappa shape index (κ2) is 8.63. The van der Waals surface area contributed by atoms with Gasteiger partial charge in [-0.3, -0.25) is 29.2 Å². The summed E-state index contributed by atoms with van der Waals surface area (Å²) in [6.07, 6.45) is 12.0. The summed E-state index contributed by atoms with van der Waals surface area (Å²) in [5.74, 6) is 2.85. The van der Waals surface area contributed by atoms with E-state index in [0.717, 1.165) is 43.0 Å². The molecule has 1 unspecified atom stereocenters. The Morgan fingerprint density at radius 3 is 2.38 bits per heavy atom. The van der Waals surface area contributed by atoms with Gasteiger partial charge in [0, 0.05) is 31.6 Å². The van der Waals surface area contributed by atoms with Gasteiger partial charge in [-0.05, 0) is 107 Å². The first-order valence-electron chi connectivity index (χ1n) is 15.2. The highest BCUT2D eigenvalue weighted by Gasteiger charge is 2.51. The van der Waals surface area contributed by atoms with Crippen LogP contribution in [-0.4, -0.2) is 58.0 Å². The van der Waals surface area contributed by atoms with E-state index in [1.807, 2.05) is 12.1 Å². The predicted molar refractivity (Wildman–Crippen MR) is 148 cm³/mol. The molecule has 7 fully saturated rings. The molecule has 7 aliphatic rings. The zero-order valence-electron chi connectivity index (χ0n) is 22.9. The maximum Gasteiger partial charge on any atom is 0.264 e. The fourth-order valence-electron chi connectivity index (χ4n) is 10.2. The van der Waals surface area contributed by atoms with Crippen LogP contribution in [0, 0.1) is 30.1 Å². The monoisotopic (exact) mass is 529 g/mol. The Morgan fingerprint density at radius 1 is 0.974 bits per heavy atom. The first kappa shape index (κ1) is 24.1. The minimum absolute atomic E-state index is 0.177. The van der Waals surface area contributed by atoms with Crippen LogP contribution in [0.1, 0.15) is 76.1 Å². The molecule has 1 aromatic heterocycles. The van der Waals surface area contributed by atoms with Crippen molar-refractivity contribution in [2.75, 3.05) is 24.5 Å². The van der Waals surface area contributed by atoms with Gasteiger partial charge in [0.15, 0.2) is 0 Å². The molecule has 3 atom stereocenters. The van der Waals surface area contributed by atoms with E-state index in [-0.39, 0.29) is 17.9 Å². The minimum atomic E-state index is -0.699. The Labute approximate surface area is 229 Å². The Morgan fingerprint density at radius 2 is 1.72 bits per heavy atom. The number of carbonyl (C=O) groups is 2. The Kier molecular flexibility index (Phi) is 5.33. The number of nitrogens with zero attached hydrogens (tertiary/aromatic N) is 4. The number of piperazine rings is 1. The van der Waals surface area contributed by atoms with Crippen LogP contribution >= 0.6 is 0 Å². The summed E-state index contributed by atoms with van der Waals surface area (Å²) in [5.41, 5.74) is 2.07. The quantitative estimate of drug-likeness (QED) is 0.596. The number of amides is 2. The first-order valence-corrected chi connectivity index (χ1v) is 15.2. The number of imide groups is 1. The zero-order valence-corrected chi connectivity index (χ0v) is 22.9. The molecule has 9 rings (SSSR count). The molecule has 4 aliphatic carbocycles. The maximum atomic E-state index is 14.0. The number of piperidine rings is 1. The summed E-state index contributed by atoms with van der Waals surface area (Å²) in [6.45, 7) is 5.00. The van der Waals surface area contributed by atoms with Crippen molar-refractivity contribution in [3.05, 3.63) is 34.4 Å². The van der Waals surface area contributed by atoms with Crippen LogP contribution in [0.3, 0.4) is 0 Å². The zero-order chi connectivity index (χ0) is 26.5. The Balaban J connectivity index is 1.03. The number of benzene rings is 1. The third-order valence-corrected chi connectivity index (χ3v) is 11.4. The number of carbonyl (C=O) groups excluding carboxylic acids is 2. The highest BCUT2D eigenvalue weighted by Crippen LogP contribution is 2.61. The van der Waals surface area contributed by atoms with Gasteiger partial charge in [0.05, 0.1) is 16.6 Å². The molecule has 4 saturated carbocycles. The highest BCUT2D eigenvalue weighted by atomic mass is 16.2. The molecule has 6 bridgehead atoms. The van der Waals surface area contributed by atoms with Gasteiger partial charge < -0.3 is 4.90 Å². The Hall–Kier alpha value is -2.74. The van der Waals surface area contributed by atoms with E-state index in [9.17, 15) is 14.4 Å². The van der Waals surface area contributed by atoms with Gasteiger partial charge in [0.2, 0.25) is 11.8 Å². The van der Waals surface area contributed by atoms with Crippen molar-refractivity contribution >= 4 is 28.4 Å². The summed E-state index contributed by atoms with van der Waals surface area (Å²) >= 11 is 0. The lowest BCUT2D eigenvalue weighted by Crippen LogP contribution is -2.50. The average Bonchev–Trinajstić information content (AvgIpc) is 3.48. The molecule has 2 amide bonds. The van der Waals surface area contributed by atoms with Crippen molar-refractivity contribution in [2.45, 2.75) is 89.3 Å². The van der Waals surface area contributed by atoms with Crippen LogP contribution < -0.4 is 15.8 Å². The summed E-state index contributed by atoms with van der Waals surface area (Å²) in [6, 6.07) is 6.19. The van der Waals surface area contributed by atoms with Crippen LogP contribution in [0.4, 0.5) is 5.69 Å². The fraction of sp³-hybridized carbons (Fsp3) is 0.677. The molecule has 0 radical (unpaired) electrons. The number of aromatic nitrogens is 2. The number of nitrogens with one attached hydrogen (secondary N) is 1. The van der Waals surface area contributed by atoms with Crippen molar-refractivity contribution in [2.24, 2.45) is 23.2 Å². The van der Waals surface area contributed by atoms with E-state index in [1.165, 1.54) is 56.1 Å². The van der Waals surface area contributed by atoms with Gasteiger partial charge >= 0.3 is 0 Å². The number of likely N-dealkylation sites (tertiary alicyclic amines) is 1. The van der Waals surface area contributed by atoms with E-state index >= 15 is 0 Å². The van der Waals surface area contributed by atoms with Crippen molar-refractivity contribution in [3.8, 4) is 0 Å². The molecular weight excluding hydrogens is 490 g/mol. The van der Waals surface area contributed by atoms with Gasteiger partial charge in [-0.15, -0.1) is 0 Å². The SMILES string of the molecule is Cc1nc2cccc(N3C[C@@H]4C[C@H]3CN4CCC34CC5CC(CC(C5)C3)C4)c2c(=O)n1C1CCC(=O)NC1=O. The van der Waals surface area contributed by atoms with Gasteiger partial charge in [0.25, 0.3) is 5.56 Å². The summed E-state index contributed by atoms with van der Waals surface area (Å²) in [7, 11) is 0. The van der Waals surface area contributed by atoms with Crippen LogP contribution in [-0.2, 0) is 9.59 Å². The molecule has 8 heteroatoms. The first-order chi connectivity index (χ1) is 18.9. The largest absolute Gasteiger partial charge is 0.365 e. The van der Waals surface area contributed by atoms with Gasteiger partial charge in [-0.2, -0.15) is 0 Å². The smallest absolute Gasteiger partial charge is 0.264 e. The summed E-state index contributed by atoms with van der Waals surface area (Å²) < 4.78 is 1.51. The van der Waals surface area contributed by atoms with E-state index in [2.05, 4.69) is 21.2 Å². The predicted octanol–water partition coefficient (Wildman–Crippen LogP) is 3.55. The third-order valence-electron chi connectivity index (χ3n) is 11.4. The number of rotatable bonds is 5. The van der Waals surface area contributed by atoms with Crippen molar-refractivity contribution in [3.63, 3.8) is 0 Å². The van der Waals surface area contributed by atoms with Gasteiger partial charge in [-0.1, -0.05) is 6.07 Å². The van der Waals surface area contributed by atoms with Crippen molar-refractivity contribution in [1.29, 1.82) is 0 Å². The lowest BCUT2D eigenvalue weighted by Gasteiger charge is -2.57. The van der Waals surface area contributed by atoms with Crippen LogP contribution in [0.5, 0.6) is 0 Å². The molecule has 3 saturated heterocycles. The van der Waals surface area contributed by atoms with Gasteiger partial charge in [-0.25, -0.2) is 4.98 Å². The molecule has 2 aromatic rings. The standard InChI is InChI=1S/C31H39N5O3/c1-18-32-24-3-2-4-25(28(24)30(39)36(18)26-5-6-27(37)33-29(26)38)35-17-22-12-23(35)16-34(22)8-7-31-13-19-9-20(14-31)11-21(10-19)15-31/h2-4,19-23,26H,5-17H2,1H3,(H,33,37,38)/t19?,20?,21?,22-,23-,26?,31?/m0/s1. The molecule has 1 aromatic carbocycles. The number of hydrogen-bond acceptors (Lipinski definition) is 6. The second-order valence-electron chi connectivity index (χ2n) is 13.8. The molecule has 3 aliphatic heterocycles. The van der Waals surface area contributed by atoms with E-state index in [1.54, 1.807) is 6.92 Å². The fourth-order valence-corrected chi connectivity index (χ4v) is 10.2. The minimum Gasteiger partial charge on any atom is -0.365 e. The van der Waals surface area contributed by atoms with E-state index < -0.39 is 11.9 Å². The molecule has 1 N–H and O–H groups in total. The number of fused-ring (bicyclic) bond motifs is 3.